The third-order valence-electron chi connectivity index (χ3n) is 2.89. The van der Waals surface area contributed by atoms with Gasteiger partial charge < -0.3 is 10.5 Å². The van der Waals surface area contributed by atoms with Crippen LogP contribution in [0.5, 0.6) is 5.75 Å². The molecule has 0 aliphatic carbocycles. The Morgan fingerprint density at radius 1 is 1.17 bits per heavy atom. The number of nitrogen functional groups attached to an aromatic ring is 1. The van der Waals surface area contributed by atoms with Crippen LogP contribution in [0.3, 0.4) is 0 Å². The van der Waals surface area contributed by atoms with Crippen molar-refractivity contribution in [3.05, 3.63) is 23.8 Å². The predicted octanol–water partition coefficient (Wildman–Crippen LogP) is 3.88. The van der Waals surface area contributed by atoms with E-state index in [2.05, 4.69) is 13.0 Å². The number of nitrogens with two attached hydrogens (primary N) is 1. The fourth-order valence-electron chi connectivity index (χ4n) is 1.81. The van der Waals surface area contributed by atoms with Crippen LogP contribution in [-0.4, -0.2) is 6.61 Å². The van der Waals surface area contributed by atoms with Crippen molar-refractivity contribution in [2.75, 3.05) is 12.3 Å². The van der Waals surface area contributed by atoms with Crippen LogP contribution in [0.1, 0.15) is 51.0 Å². The molecule has 1 aromatic carbocycles. The van der Waals surface area contributed by atoms with Gasteiger partial charge in [-0.2, -0.15) is 5.26 Å². The Morgan fingerprint density at radius 3 is 2.56 bits per heavy atom. The van der Waals surface area contributed by atoms with Crippen molar-refractivity contribution in [3.63, 3.8) is 0 Å². The second kappa shape index (κ2) is 8.41. The van der Waals surface area contributed by atoms with E-state index in [0.717, 1.165) is 6.42 Å². The van der Waals surface area contributed by atoms with Crippen LogP contribution < -0.4 is 10.5 Å². The number of ether oxygens (including phenoxy) is 1. The number of hydrogen-bond donors (Lipinski definition) is 1. The van der Waals surface area contributed by atoms with Gasteiger partial charge in [0.2, 0.25) is 0 Å². The van der Waals surface area contributed by atoms with E-state index in [0.29, 0.717) is 23.6 Å². The minimum Gasteiger partial charge on any atom is -0.491 e. The second-order valence-corrected chi connectivity index (χ2v) is 4.48. The Labute approximate surface area is 110 Å². The number of benzene rings is 1. The Bertz CT molecular complexity index is 396. The molecule has 0 aliphatic heterocycles. The molecule has 0 saturated carbocycles. The lowest BCUT2D eigenvalue weighted by atomic mass is 10.1. The maximum Gasteiger partial charge on any atom is 0.142 e. The first-order valence-electron chi connectivity index (χ1n) is 6.70. The number of unbranched alkanes of at least 4 members (excludes halogenated alkanes) is 5. The van der Waals surface area contributed by atoms with Gasteiger partial charge >= 0.3 is 0 Å². The maximum absolute atomic E-state index is 8.72. The highest BCUT2D eigenvalue weighted by Crippen LogP contribution is 2.22. The molecule has 0 radical (unpaired) electrons. The minimum atomic E-state index is 0.542. The molecule has 0 unspecified atom stereocenters. The molecule has 18 heavy (non-hydrogen) atoms. The molecule has 2 N–H and O–H groups in total. The van der Waals surface area contributed by atoms with E-state index in [4.69, 9.17) is 15.7 Å². The highest BCUT2D eigenvalue weighted by Gasteiger charge is 2.01. The van der Waals surface area contributed by atoms with Gasteiger partial charge in [0, 0.05) is 0 Å². The molecule has 0 aromatic heterocycles. The fraction of sp³-hybridized carbons (Fsp3) is 0.533. The zero-order chi connectivity index (χ0) is 13.2. The van der Waals surface area contributed by atoms with Crippen LogP contribution in [-0.2, 0) is 0 Å². The van der Waals surface area contributed by atoms with Gasteiger partial charge in [-0.05, 0) is 24.6 Å². The first-order chi connectivity index (χ1) is 8.77. The molecule has 98 valence electrons. The van der Waals surface area contributed by atoms with Gasteiger partial charge in [0.1, 0.15) is 5.75 Å². The normalized spacial score (nSPS) is 10.0. The lowest BCUT2D eigenvalue weighted by Crippen LogP contribution is -2.00. The number of rotatable bonds is 8. The van der Waals surface area contributed by atoms with E-state index in [1.54, 1.807) is 18.2 Å². The zero-order valence-corrected chi connectivity index (χ0v) is 11.1. The van der Waals surface area contributed by atoms with Gasteiger partial charge in [0.15, 0.2) is 0 Å². The molecule has 0 aliphatic rings. The third kappa shape index (κ3) is 5.09. The SMILES string of the molecule is CCCCCCCCOc1ccc(C#N)cc1N. The van der Waals surface area contributed by atoms with Gasteiger partial charge in [-0.3, -0.25) is 0 Å². The van der Waals surface area contributed by atoms with Crippen molar-refractivity contribution in [1.82, 2.24) is 0 Å². The van der Waals surface area contributed by atoms with E-state index >= 15 is 0 Å². The summed E-state index contributed by atoms with van der Waals surface area (Å²) in [7, 11) is 0. The minimum absolute atomic E-state index is 0.542. The molecule has 1 aromatic rings. The van der Waals surface area contributed by atoms with Gasteiger partial charge in [0.05, 0.1) is 23.9 Å². The molecule has 0 atom stereocenters. The van der Waals surface area contributed by atoms with E-state index in [9.17, 15) is 0 Å². The molecule has 0 fully saturated rings. The van der Waals surface area contributed by atoms with E-state index in [-0.39, 0.29) is 0 Å². The van der Waals surface area contributed by atoms with Crippen molar-refractivity contribution in [1.29, 1.82) is 5.26 Å². The Balaban J connectivity index is 2.21. The van der Waals surface area contributed by atoms with Crippen LogP contribution in [0.15, 0.2) is 18.2 Å². The summed E-state index contributed by atoms with van der Waals surface area (Å²) in [5, 5.41) is 8.72. The van der Waals surface area contributed by atoms with E-state index in [1.807, 2.05) is 0 Å². The van der Waals surface area contributed by atoms with Crippen molar-refractivity contribution >= 4 is 5.69 Å². The van der Waals surface area contributed by atoms with Crippen LogP contribution in [0.25, 0.3) is 0 Å². The summed E-state index contributed by atoms with van der Waals surface area (Å²) in [6.07, 6.45) is 7.45. The van der Waals surface area contributed by atoms with Gasteiger partial charge in [0.25, 0.3) is 0 Å². The number of nitrogens with zero attached hydrogens (tertiary/aromatic N) is 1. The van der Waals surface area contributed by atoms with Gasteiger partial charge in [-0.15, -0.1) is 0 Å². The standard InChI is InChI=1S/C15H22N2O/c1-2-3-4-5-6-7-10-18-15-9-8-13(12-16)11-14(15)17/h8-9,11H,2-7,10,17H2,1H3. The van der Waals surface area contributed by atoms with Crippen LogP contribution in [0.4, 0.5) is 5.69 Å². The molecular weight excluding hydrogens is 224 g/mol. The smallest absolute Gasteiger partial charge is 0.142 e. The average Bonchev–Trinajstić information content (AvgIpc) is 2.39. The first kappa shape index (κ1) is 14.4. The lowest BCUT2D eigenvalue weighted by Gasteiger charge is -2.08. The fourth-order valence-corrected chi connectivity index (χ4v) is 1.81. The Kier molecular flexibility index (Phi) is 6.71. The zero-order valence-electron chi connectivity index (χ0n) is 11.1. The summed E-state index contributed by atoms with van der Waals surface area (Å²) in [6.45, 7) is 2.92. The lowest BCUT2D eigenvalue weighted by molar-refractivity contribution is 0.306. The highest BCUT2D eigenvalue weighted by molar-refractivity contribution is 5.56. The maximum atomic E-state index is 8.72. The summed E-state index contributed by atoms with van der Waals surface area (Å²) < 4.78 is 5.61. The number of hydrogen-bond acceptors (Lipinski definition) is 3. The second-order valence-electron chi connectivity index (χ2n) is 4.48. The molecule has 0 amide bonds. The Morgan fingerprint density at radius 2 is 1.89 bits per heavy atom. The summed E-state index contributed by atoms with van der Waals surface area (Å²) in [5.41, 5.74) is 6.91. The summed E-state index contributed by atoms with van der Waals surface area (Å²) >= 11 is 0. The number of anilines is 1. The molecular formula is C15H22N2O. The number of nitriles is 1. The molecule has 0 bridgehead atoms. The van der Waals surface area contributed by atoms with Crippen molar-refractivity contribution in [2.45, 2.75) is 45.4 Å². The topological polar surface area (TPSA) is 59.0 Å². The van der Waals surface area contributed by atoms with Crippen LogP contribution in [0, 0.1) is 11.3 Å². The predicted molar refractivity (Wildman–Crippen MR) is 74.4 cm³/mol. The quantitative estimate of drug-likeness (QED) is 0.559. The summed E-state index contributed by atoms with van der Waals surface area (Å²) in [5.74, 6) is 0.683. The largest absolute Gasteiger partial charge is 0.491 e. The summed E-state index contributed by atoms with van der Waals surface area (Å²) in [4.78, 5) is 0. The van der Waals surface area contributed by atoms with Gasteiger partial charge in [-0.1, -0.05) is 39.0 Å². The van der Waals surface area contributed by atoms with E-state index < -0.39 is 0 Å². The molecule has 0 spiro atoms. The molecule has 0 saturated heterocycles. The summed E-state index contributed by atoms with van der Waals surface area (Å²) in [6, 6.07) is 7.20. The monoisotopic (exact) mass is 246 g/mol. The van der Waals surface area contributed by atoms with Crippen molar-refractivity contribution in [3.8, 4) is 11.8 Å². The van der Waals surface area contributed by atoms with Crippen molar-refractivity contribution in [2.24, 2.45) is 0 Å². The third-order valence-corrected chi connectivity index (χ3v) is 2.89. The van der Waals surface area contributed by atoms with Gasteiger partial charge in [-0.25, -0.2) is 0 Å². The first-order valence-corrected chi connectivity index (χ1v) is 6.70. The van der Waals surface area contributed by atoms with Crippen molar-refractivity contribution < 1.29 is 4.74 Å². The average molecular weight is 246 g/mol. The molecule has 1 rings (SSSR count). The van der Waals surface area contributed by atoms with Crippen LogP contribution in [0.2, 0.25) is 0 Å². The molecule has 0 heterocycles. The highest BCUT2D eigenvalue weighted by atomic mass is 16.5. The molecule has 3 nitrogen and oxygen atoms in total. The van der Waals surface area contributed by atoms with E-state index in [1.165, 1.54) is 32.1 Å². The molecule has 3 heteroatoms. The van der Waals surface area contributed by atoms with Crippen LogP contribution >= 0.6 is 0 Å². The Hall–Kier alpha value is -1.69.